The van der Waals surface area contributed by atoms with Gasteiger partial charge in [0.15, 0.2) is 0 Å². The molecule has 6 nitrogen and oxygen atoms in total. The van der Waals surface area contributed by atoms with E-state index in [1.807, 2.05) is 12.1 Å². The van der Waals surface area contributed by atoms with Crippen LogP contribution >= 0.6 is 0 Å². The maximum absolute atomic E-state index is 11.8. The summed E-state index contributed by atoms with van der Waals surface area (Å²) in [7, 11) is 1.35. The van der Waals surface area contributed by atoms with Crippen molar-refractivity contribution in [3.8, 4) is 5.75 Å². The Labute approximate surface area is 222 Å². The molecule has 4 aromatic rings. The van der Waals surface area contributed by atoms with E-state index in [-0.39, 0.29) is 5.56 Å². The number of hydrogen-bond donors (Lipinski definition) is 1. The zero-order valence-electron chi connectivity index (χ0n) is 21.4. The quantitative estimate of drug-likeness (QED) is 0.195. The fourth-order valence-electron chi connectivity index (χ4n) is 5.23. The Morgan fingerprint density at radius 2 is 1.84 bits per heavy atom. The maximum Gasteiger partial charge on any atom is 0.337 e. The third-order valence-corrected chi connectivity index (χ3v) is 7.22. The predicted octanol–water partition coefficient (Wildman–Crippen LogP) is 6.95. The molecule has 0 saturated carbocycles. The second-order valence-corrected chi connectivity index (χ2v) is 9.61. The molecule has 6 heteroatoms. The number of esters is 1. The van der Waals surface area contributed by atoms with Gasteiger partial charge in [-0.1, -0.05) is 48.5 Å². The molecule has 0 amide bonds. The molecule has 3 aromatic carbocycles. The molecule has 1 unspecified atom stereocenters. The van der Waals surface area contributed by atoms with Gasteiger partial charge in [-0.25, -0.2) is 9.59 Å². The number of carboxylic acid groups (broad SMARTS) is 1. The van der Waals surface area contributed by atoms with Crippen molar-refractivity contribution in [1.29, 1.82) is 0 Å². The molecule has 0 fully saturated rings. The van der Waals surface area contributed by atoms with E-state index in [9.17, 15) is 14.7 Å². The number of aryl methyl sites for hydroxylation is 1. The number of methoxy groups -OCH3 is 1. The van der Waals surface area contributed by atoms with Gasteiger partial charge in [0, 0.05) is 29.2 Å². The fraction of sp³-hybridized carbons (Fsp3) is 0.250. The zero-order valence-corrected chi connectivity index (χ0v) is 21.4. The summed E-state index contributed by atoms with van der Waals surface area (Å²) >= 11 is 0. The molecular formula is C32H31NO5. The van der Waals surface area contributed by atoms with Gasteiger partial charge < -0.3 is 19.1 Å². The Kier molecular flexibility index (Phi) is 7.59. The molecule has 0 aliphatic heterocycles. The van der Waals surface area contributed by atoms with Crippen molar-refractivity contribution in [3.05, 3.63) is 107 Å². The number of allylic oxidation sites excluding steroid dienone is 2. The van der Waals surface area contributed by atoms with Crippen molar-refractivity contribution < 1.29 is 24.2 Å². The van der Waals surface area contributed by atoms with Crippen LogP contribution in [0.5, 0.6) is 5.75 Å². The highest BCUT2D eigenvalue weighted by molar-refractivity contribution is 5.98. The monoisotopic (exact) mass is 509 g/mol. The molecule has 1 N–H and O–H groups in total. The van der Waals surface area contributed by atoms with Gasteiger partial charge in [-0.15, -0.1) is 0 Å². The predicted molar refractivity (Wildman–Crippen MR) is 148 cm³/mol. The lowest BCUT2D eigenvalue weighted by atomic mass is 9.82. The van der Waals surface area contributed by atoms with Crippen molar-refractivity contribution >= 4 is 28.4 Å². The minimum absolute atomic E-state index is 0.279. The number of benzene rings is 3. The van der Waals surface area contributed by atoms with Crippen LogP contribution in [-0.4, -0.2) is 35.3 Å². The number of aromatic carboxylic acids is 1. The summed E-state index contributed by atoms with van der Waals surface area (Å²) in [5.41, 5.74) is 5.52. The van der Waals surface area contributed by atoms with Gasteiger partial charge in [0.05, 0.1) is 24.8 Å². The summed E-state index contributed by atoms with van der Waals surface area (Å²) < 4.78 is 12.8. The SMILES string of the molecule is COC(=O)c1cccc(OCCCn2cc(C3=CCC(c4ccccc4)CC3)c3ccc(C(=O)O)cc32)c1. The summed E-state index contributed by atoms with van der Waals surface area (Å²) in [6.45, 7) is 1.13. The van der Waals surface area contributed by atoms with E-state index in [1.54, 1.807) is 30.3 Å². The van der Waals surface area contributed by atoms with Crippen molar-refractivity contribution in [1.82, 2.24) is 4.57 Å². The van der Waals surface area contributed by atoms with Crippen molar-refractivity contribution in [3.63, 3.8) is 0 Å². The first-order valence-electron chi connectivity index (χ1n) is 12.9. The molecule has 0 spiro atoms. The minimum atomic E-state index is -0.933. The van der Waals surface area contributed by atoms with Gasteiger partial charge in [-0.3, -0.25) is 0 Å². The van der Waals surface area contributed by atoms with E-state index < -0.39 is 11.9 Å². The number of carbonyl (C=O) groups excluding carboxylic acids is 1. The number of carboxylic acids is 1. The Morgan fingerprint density at radius 1 is 1.00 bits per heavy atom. The zero-order chi connectivity index (χ0) is 26.5. The molecule has 1 heterocycles. The van der Waals surface area contributed by atoms with Crippen LogP contribution in [0.2, 0.25) is 0 Å². The number of rotatable bonds is 9. The third kappa shape index (κ3) is 5.49. The number of carbonyl (C=O) groups is 2. The lowest BCUT2D eigenvalue weighted by Gasteiger charge is -2.22. The number of hydrogen-bond acceptors (Lipinski definition) is 4. The molecular weight excluding hydrogens is 478 g/mol. The number of fused-ring (bicyclic) bond motifs is 1. The lowest BCUT2D eigenvalue weighted by molar-refractivity contribution is 0.0599. The Morgan fingerprint density at radius 3 is 2.58 bits per heavy atom. The van der Waals surface area contributed by atoms with Crippen molar-refractivity contribution in [2.45, 2.75) is 38.1 Å². The van der Waals surface area contributed by atoms with Crippen LogP contribution in [0.15, 0.2) is 85.1 Å². The van der Waals surface area contributed by atoms with Gasteiger partial charge in [-0.2, -0.15) is 0 Å². The third-order valence-electron chi connectivity index (χ3n) is 7.22. The van der Waals surface area contributed by atoms with Crippen molar-refractivity contribution in [2.75, 3.05) is 13.7 Å². The Balaban J connectivity index is 1.33. The van der Waals surface area contributed by atoms with E-state index >= 15 is 0 Å². The molecule has 0 bridgehead atoms. The number of nitrogens with zero attached hydrogens (tertiary/aromatic N) is 1. The standard InChI is InChI=1S/C32H31NO5/c1-37-32(36)26-9-5-10-27(19-26)38-18-6-17-33-21-29(28-16-15-25(31(34)35)20-30(28)33)24-13-11-23(12-14-24)22-7-3-2-4-8-22/h2-5,7-10,13,15-16,19-21,23H,6,11-12,14,17-18H2,1H3,(H,34,35). The van der Waals surface area contributed by atoms with Gasteiger partial charge in [0.2, 0.25) is 0 Å². The van der Waals surface area contributed by atoms with Crippen LogP contribution in [0.25, 0.3) is 16.5 Å². The number of aromatic nitrogens is 1. The first-order valence-corrected chi connectivity index (χ1v) is 12.9. The summed E-state index contributed by atoms with van der Waals surface area (Å²) in [5, 5.41) is 10.6. The molecule has 1 atom stereocenters. The van der Waals surface area contributed by atoms with Gasteiger partial charge in [0.25, 0.3) is 0 Å². The fourth-order valence-corrected chi connectivity index (χ4v) is 5.23. The van der Waals surface area contributed by atoms with Crippen LogP contribution in [-0.2, 0) is 11.3 Å². The van der Waals surface area contributed by atoms with Gasteiger partial charge >= 0.3 is 11.9 Å². The normalized spacial score (nSPS) is 15.2. The molecule has 0 radical (unpaired) electrons. The molecule has 5 rings (SSSR count). The summed E-state index contributed by atoms with van der Waals surface area (Å²) in [6.07, 6.45) is 8.30. The molecule has 1 aliphatic carbocycles. The van der Waals surface area contributed by atoms with Gasteiger partial charge in [0.1, 0.15) is 5.75 Å². The summed E-state index contributed by atoms with van der Waals surface area (Å²) in [5.74, 6) is -0.193. The lowest BCUT2D eigenvalue weighted by Crippen LogP contribution is -2.06. The molecule has 1 aliphatic rings. The summed E-state index contributed by atoms with van der Waals surface area (Å²) in [4.78, 5) is 23.5. The largest absolute Gasteiger partial charge is 0.494 e. The first-order chi connectivity index (χ1) is 18.5. The van der Waals surface area contributed by atoms with E-state index in [4.69, 9.17) is 9.47 Å². The van der Waals surface area contributed by atoms with Crippen LogP contribution in [0, 0.1) is 0 Å². The molecule has 38 heavy (non-hydrogen) atoms. The highest BCUT2D eigenvalue weighted by atomic mass is 16.5. The van der Waals surface area contributed by atoms with Crippen LogP contribution < -0.4 is 4.74 Å². The molecule has 1 aromatic heterocycles. The summed E-state index contributed by atoms with van der Waals surface area (Å²) in [6, 6.07) is 23.0. The Hall–Kier alpha value is -4.32. The molecule has 194 valence electrons. The minimum Gasteiger partial charge on any atom is -0.494 e. The van der Waals surface area contributed by atoms with E-state index in [0.29, 0.717) is 30.4 Å². The van der Waals surface area contributed by atoms with Crippen LogP contribution in [0.4, 0.5) is 0 Å². The van der Waals surface area contributed by atoms with Crippen molar-refractivity contribution in [2.24, 2.45) is 0 Å². The molecule has 0 saturated heterocycles. The van der Waals surface area contributed by atoms with E-state index in [2.05, 4.69) is 47.2 Å². The highest BCUT2D eigenvalue weighted by Crippen LogP contribution is 2.39. The van der Waals surface area contributed by atoms with E-state index in [1.165, 1.54) is 23.8 Å². The number of ether oxygens (including phenoxy) is 2. The average Bonchev–Trinajstić information content (AvgIpc) is 3.33. The van der Waals surface area contributed by atoms with Gasteiger partial charge in [-0.05, 0) is 73.1 Å². The average molecular weight is 510 g/mol. The smallest absolute Gasteiger partial charge is 0.337 e. The topological polar surface area (TPSA) is 77.8 Å². The second kappa shape index (κ2) is 11.4. The second-order valence-electron chi connectivity index (χ2n) is 9.61. The van der Waals surface area contributed by atoms with E-state index in [0.717, 1.165) is 36.6 Å². The Bertz CT molecular complexity index is 1480. The van der Waals surface area contributed by atoms with Crippen LogP contribution in [0.1, 0.15) is 63.4 Å². The maximum atomic E-state index is 11.8. The van der Waals surface area contributed by atoms with Crippen LogP contribution in [0.3, 0.4) is 0 Å². The first kappa shape index (κ1) is 25.3. The highest BCUT2D eigenvalue weighted by Gasteiger charge is 2.20.